The van der Waals surface area contributed by atoms with Gasteiger partial charge in [0.05, 0.1) is 0 Å². The van der Waals surface area contributed by atoms with Crippen molar-refractivity contribution in [2.75, 3.05) is 0 Å². The molecule has 4 nitrogen and oxygen atoms in total. The van der Waals surface area contributed by atoms with Gasteiger partial charge >= 0.3 is 6.03 Å². The lowest BCUT2D eigenvalue weighted by Gasteiger charge is -2.38. The van der Waals surface area contributed by atoms with Gasteiger partial charge in [-0.15, -0.1) is 0 Å². The molecular weight excluding hydrogens is 339 g/mol. The molecule has 0 atom stereocenters. The Kier molecular flexibility index (Phi) is 3.73. The molecule has 0 unspecified atom stereocenters. The number of amides is 3. The third-order valence-electron chi connectivity index (χ3n) is 4.43. The molecule has 1 saturated carbocycles. The predicted molar refractivity (Wildman–Crippen MR) is 79.0 cm³/mol. The minimum Gasteiger partial charge on any atom is -0.305 e. The predicted octanol–water partition coefficient (Wildman–Crippen LogP) is 3.34. The van der Waals surface area contributed by atoms with Crippen molar-refractivity contribution < 1.29 is 14.0 Å². The summed E-state index contributed by atoms with van der Waals surface area (Å²) in [5.74, 6) is -0.523. The van der Waals surface area contributed by atoms with Crippen LogP contribution >= 0.6 is 15.9 Å². The molecule has 3 amide bonds. The second-order valence-electron chi connectivity index (χ2n) is 5.67. The Morgan fingerprint density at radius 3 is 2.62 bits per heavy atom. The van der Waals surface area contributed by atoms with Crippen molar-refractivity contribution in [3.05, 3.63) is 34.1 Å². The zero-order chi connectivity index (χ0) is 15.0. The molecule has 1 spiro atoms. The van der Waals surface area contributed by atoms with E-state index in [4.69, 9.17) is 0 Å². The lowest BCUT2D eigenvalue weighted by atomic mass is 9.80. The molecule has 0 radical (unpaired) electrons. The van der Waals surface area contributed by atoms with Crippen LogP contribution in [0.25, 0.3) is 0 Å². The van der Waals surface area contributed by atoms with Crippen LogP contribution in [0.4, 0.5) is 9.18 Å². The van der Waals surface area contributed by atoms with E-state index in [0.29, 0.717) is 23.9 Å². The zero-order valence-electron chi connectivity index (χ0n) is 11.5. The number of hydrogen-bond acceptors (Lipinski definition) is 2. The lowest BCUT2D eigenvalue weighted by molar-refractivity contribution is -0.128. The fraction of sp³-hybridized carbons (Fsp3) is 0.467. The summed E-state index contributed by atoms with van der Waals surface area (Å²) in [6.07, 6.45) is 4.38. The van der Waals surface area contributed by atoms with Gasteiger partial charge < -0.3 is 4.90 Å². The van der Waals surface area contributed by atoms with Crippen LogP contribution in [-0.2, 0) is 11.3 Å². The maximum atomic E-state index is 13.2. The molecular formula is C15H16BrFN2O2. The topological polar surface area (TPSA) is 49.4 Å². The molecule has 2 aliphatic rings. The van der Waals surface area contributed by atoms with E-state index in [0.717, 1.165) is 24.8 Å². The minimum atomic E-state index is -0.719. The first-order valence-corrected chi connectivity index (χ1v) is 7.89. The number of urea groups is 1. The number of carbonyl (C=O) groups is 2. The summed E-state index contributed by atoms with van der Waals surface area (Å²) in [6, 6.07) is 4.03. The van der Waals surface area contributed by atoms with E-state index in [1.165, 1.54) is 12.1 Å². The highest BCUT2D eigenvalue weighted by atomic mass is 79.9. The van der Waals surface area contributed by atoms with Crippen molar-refractivity contribution in [2.45, 2.75) is 44.2 Å². The summed E-state index contributed by atoms with van der Waals surface area (Å²) in [5.41, 5.74) is 0.0783. The maximum absolute atomic E-state index is 13.2. The molecule has 6 heteroatoms. The smallest absolute Gasteiger partial charge is 0.305 e. The maximum Gasteiger partial charge on any atom is 0.325 e. The van der Waals surface area contributed by atoms with Crippen molar-refractivity contribution in [1.29, 1.82) is 0 Å². The number of nitrogens with one attached hydrogen (secondary N) is 1. The molecule has 1 aromatic rings. The highest BCUT2D eigenvalue weighted by Crippen LogP contribution is 2.38. The SMILES string of the molecule is O=C1NC(=O)C2(CCCCC2)N1Cc1ccc(F)cc1Br. The van der Waals surface area contributed by atoms with Crippen LogP contribution in [0.15, 0.2) is 22.7 Å². The number of carbonyl (C=O) groups excluding carboxylic acids is 2. The fourth-order valence-electron chi connectivity index (χ4n) is 3.27. The number of imide groups is 1. The first-order chi connectivity index (χ1) is 10.0. The van der Waals surface area contributed by atoms with Crippen molar-refractivity contribution in [2.24, 2.45) is 0 Å². The normalized spacial score (nSPS) is 21.0. The van der Waals surface area contributed by atoms with Gasteiger partial charge in [0.1, 0.15) is 11.4 Å². The van der Waals surface area contributed by atoms with Crippen LogP contribution in [0.3, 0.4) is 0 Å². The average Bonchev–Trinajstić information content (AvgIpc) is 2.67. The molecule has 0 bridgehead atoms. The third kappa shape index (κ3) is 2.46. The Bertz CT molecular complexity index is 599. The second kappa shape index (κ2) is 5.40. The van der Waals surface area contributed by atoms with E-state index in [1.807, 2.05) is 0 Å². The van der Waals surface area contributed by atoms with Gasteiger partial charge in [-0.05, 0) is 30.5 Å². The Hall–Kier alpha value is -1.43. The van der Waals surface area contributed by atoms with E-state index in [2.05, 4.69) is 21.2 Å². The molecule has 3 rings (SSSR count). The number of halogens is 2. The van der Waals surface area contributed by atoms with Gasteiger partial charge in [0, 0.05) is 11.0 Å². The average molecular weight is 355 g/mol. The summed E-state index contributed by atoms with van der Waals surface area (Å²) >= 11 is 3.32. The van der Waals surface area contributed by atoms with E-state index in [9.17, 15) is 14.0 Å². The van der Waals surface area contributed by atoms with Crippen LogP contribution in [0.5, 0.6) is 0 Å². The monoisotopic (exact) mass is 354 g/mol. The summed E-state index contributed by atoms with van der Waals surface area (Å²) < 4.78 is 13.8. The summed E-state index contributed by atoms with van der Waals surface area (Å²) in [7, 11) is 0. The zero-order valence-corrected chi connectivity index (χ0v) is 13.1. The van der Waals surface area contributed by atoms with Gasteiger partial charge in [-0.1, -0.05) is 41.3 Å². The highest BCUT2D eigenvalue weighted by Gasteiger charge is 2.52. The van der Waals surface area contributed by atoms with E-state index in [-0.39, 0.29) is 17.8 Å². The van der Waals surface area contributed by atoms with Crippen molar-refractivity contribution in [1.82, 2.24) is 10.2 Å². The number of nitrogens with zero attached hydrogens (tertiary/aromatic N) is 1. The molecule has 1 N–H and O–H groups in total. The molecule has 1 heterocycles. The Morgan fingerprint density at radius 1 is 1.24 bits per heavy atom. The summed E-state index contributed by atoms with van der Waals surface area (Å²) in [5, 5.41) is 2.44. The molecule has 2 fully saturated rings. The first-order valence-electron chi connectivity index (χ1n) is 7.10. The molecule has 1 aromatic carbocycles. The van der Waals surface area contributed by atoms with Crippen LogP contribution in [-0.4, -0.2) is 22.4 Å². The van der Waals surface area contributed by atoms with Crippen LogP contribution < -0.4 is 5.32 Å². The molecule has 112 valence electrons. The molecule has 0 aromatic heterocycles. The van der Waals surface area contributed by atoms with Crippen molar-refractivity contribution in [3.8, 4) is 0 Å². The molecule has 1 aliphatic heterocycles. The van der Waals surface area contributed by atoms with Gasteiger partial charge in [0.15, 0.2) is 0 Å². The van der Waals surface area contributed by atoms with E-state index >= 15 is 0 Å². The standard InChI is InChI=1S/C15H16BrFN2O2/c16-12-8-11(17)5-4-10(12)9-19-14(21)18-13(20)15(19)6-2-1-3-7-15/h4-5,8H,1-3,6-7,9H2,(H,18,20,21). The molecule has 1 aliphatic carbocycles. The van der Waals surface area contributed by atoms with Crippen molar-refractivity contribution in [3.63, 3.8) is 0 Å². The van der Waals surface area contributed by atoms with Gasteiger partial charge in [0.25, 0.3) is 5.91 Å². The summed E-state index contributed by atoms with van der Waals surface area (Å²) in [6.45, 7) is 0.304. The van der Waals surface area contributed by atoms with E-state index < -0.39 is 5.54 Å². The quantitative estimate of drug-likeness (QED) is 0.828. The molecule has 1 saturated heterocycles. The van der Waals surface area contributed by atoms with Gasteiger partial charge in [-0.2, -0.15) is 0 Å². The van der Waals surface area contributed by atoms with Gasteiger partial charge in [-0.3, -0.25) is 10.1 Å². The minimum absolute atomic E-state index is 0.189. The van der Waals surface area contributed by atoms with Gasteiger partial charge in [-0.25, -0.2) is 9.18 Å². The Labute approximate surface area is 130 Å². The third-order valence-corrected chi connectivity index (χ3v) is 5.17. The van der Waals surface area contributed by atoms with Gasteiger partial charge in [0.2, 0.25) is 0 Å². The molecule has 21 heavy (non-hydrogen) atoms. The fourth-order valence-corrected chi connectivity index (χ4v) is 3.75. The number of rotatable bonds is 2. The lowest BCUT2D eigenvalue weighted by Crippen LogP contribution is -2.50. The Morgan fingerprint density at radius 2 is 1.95 bits per heavy atom. The number of benzene rings is 1. The van der Waals surface area contributed by atoms with Crippen LogP contribution in [0.1, 0.15) is 37.7 Å². The second-order valence-corrected chi connectivity index (χ2v) is 6.53. The van der Waals surface area contributed by atoms with E-state index in [1.54, 1.807) is 11.0 Å². The largest absolute Gasteiger partial charge is 0.325 e. The highest BCUT2D eigenvalue weighted by molar-refractivity contribution is 9.10. The van der Waals surface area contributed by atoms with Crippen molar-refractivity contribution >= 4 is 27.9 Å². The summed E-state index contributed by atoms with van der Waals surface area (Å²) in [4.78, 5) is 26.0. The Balaban J connectivity index is 1.91. The number of hydrogen-bond donors (Lipinski definition) is 1. The van der Waals surface area contributed by atoms with Crippen LogP contribution in [0.2, 0.25) is 0 Å². The van der Waals surface area contributed by atoms with Crippen LogP contribution in [0, 0.1) is 5.82 Å². The first kappa shape index (κ1) is 14.5.